The Morgan fingerprint density at radius 2 is 2.10 bits per heavy atom. The Morgan fingerprint density at radius 1 is 1.33 bits per heavy atom. The summed E-state index contributed by atoms with van der Waals surface area (Å²) in [4.78, 5) is 28.7. The first-order valence-electron chi connectivity index (χ1n) is 9.39. The van der Waals surface area contributed by atoms with Crippen LogP contribution in [-0.2, 0) is 4.79 Å². The molecule has 0 saturated heterocycles. The van der Waals surface area contributed by atoms with Gasteiger partial charge in [0.15, 0.2) is 11.4 Å². The fraction of sp³-hybridized carbons (Fsp3) is 0.238. The molecule has 3 heterocycles. The highest BCUT2D eigenvalue weighted by Gasteiger charge is 2.33. The zero-order valence-electron chi connectivity index (χ0n) is 16.5. The average Bonchev–Trinajstić information content (AvgIpc) is 3.11. The van der Waals surface area contributed by atoms with Gasteiger partial charge in [-0.2, -0.15) is 5.10 Å². The van der Waals surface area contributed by atoms with Gasteiger partial charge in [-0.1, -0.05) is 17.7 Å². The van der Waals surface area contributed by atoms with Gasteiger partial charge < -0.3 is 15.4 Å². The second-order valence-electron chi connectivity index (χ2n) is 6.97. The summed E-state index contributed by atoms with van der Waals surface area (Å²) >= 11 is 6.27. The van der Waals surface area contributed by atoms with Gasteiger partial charge in [0.2, 0.25) is 0 Å². The van der Waals surface area contributed by atoms with Crippen molar-refractivity contribution < 1.29 is 14.3 Å². The third-order valence-corrected chi connectivity index (χ3v) is 5.17. The quantitative estimate of drug-likeness (QED) is 0.626. The van der Waals surface area contributed by atoms with Crippen molar-refractivity contribution in [3.05, 3.63) is 53.4 Å². The van der Waals surface area contributed by atoms with Gasteiger partial charge in [-0.15, -0.1) is 0 Å². The van der Waals surface area contributed by atoms with Crippen LogP contribution in [0.2, 0.25) is 5.02 Å². The number of ketones is 1. The molecule has 0 fully saturated rings. The van der Waals surface area contributed by atoms with Crippen molar-refractivity contribution in [3.8, 4) is 17.0 Å². The molecule has 154 valence electrons. The lowest BCUT2D eigenvalue weighted by Crippen LogP contribution is -2.40. The maximum absolute atomic E-state index is 12.8. The van der Waals surface area contributed by atoms with Crippen molar-refractivity contribution in [3.63, 3.8) is 0 Å². The summed E-state index contributed by atoms with van der Waals surface area (Å²) in [5, 5.41) is 11.3. The lowest BCUT2D eigenvalue weighted by atomic mass is 10.1. The number of hydrogen-bond donors (Lipinski definition) is 2. The predicted molar refractivity (Wildman–Crippen MR) is 113 cm³/mol. The Morgan fingerprint density at radius 3 is 2.80 bits per heavy atom. The number of hydrogen-bond acceptors (Lipinski definition) is 6. The normalized spacial score (nSPS) is 15.3. The van der Waals surface area contributed by atoms with E-state index in [1.807, 2.05) is 12.1 Å². The summed E-state index contributed by atoms with van der Waals surface area (Å²) in [6.45, 7) is 1.86. The largest absolute Gasteiger partial charge is 0.493 e. The number of anilines is 2. The number of amides is 1. The van der Waals surface area contributed by atoms with Crippen molar-refractivity contribution in [1.82, 2.24) is 20.1 Å². The van der Waals surface area contributed by atoms with Crippen LogP contribution in [0.25, 0.3) is 11.3 Å². The van der Waals surface area contributed by atoms with Crippen LogP contribution in [0.5, 0.6) is 5.75 Å². The molecule has 4 rings (SSSR count). The third-order valence-electron chi connectivity index (χ3n) is 4.88. The van der Waals surface area contributed by atoms with Crippen molar-refractivity contribution in [2.45, 2.75) is 19.4 Å². The number of nitrogens with one attached hydrogen (secondary N) is 2. The minimum Gasteiger partial charge on any atom is -0.493 e. The molecule has 0 spiro atoms. The summed E-state index contributed by atoms with van der Waals surface area (Å²) in [5.74, 6) is 0.205. The lowest BCUT2D eigenvalue weighted by molar-refractivity contribution is -0.117. The molecule has 2 N–H and O–H groups in total. The van der Waals surface area contributed by atoms with Crippen LogP contribution in [-0.4, -0.2) is 40.1 Å². The van der Waals surface area contributed by atoms with Crippen LogP contribution in [0, 0.1) is 0 Å². The standard InChI is InChI=1S/C21H20ClN5O3/c1-12(28)10-14-11-24-21(29)19-18(25-16-5-3-4-15(22)20(16)30-2)17(26-27(14)19)13-6-8-23-9-7-13/h3-9,14,25H,10-11H2,1-2H3,(H,24,29). The highest BCUT2D eigenvalue weighted by atomic mass is 35.5. The Balaban J connectivity index is 1.90. The summed E-state index contributed by atoms with van der Waals surface area (Å²) in [6, 6.07) is 8.66. The summed E-state index contributed by atoms with van der Waals surface area (Å²) < 4.78 is 7.07. The van der Waals surface area contributed by atoms with Gasteiger partial charge in [0.05, 0.1) is 29.5 Å². The van der Waals surface area contributed by atoms with Crippen LogP contribution in [0.15, 0.2) is 42.7 Å². The van der Waals surface area contributed by atoms with E-state index in [9.17, 15) is 9.59 Å². The molecule has 30 heavy (non-hydrogen) atoms. The maximum Gasteiger partial charge on any atom is 0.271 e. The molecular weight excluding hydrogens is 406 g/mol. The number of benzene rings is 1. The van der Waals surface area contributed by atoms with E-state index < -0.39 is 0 Å². The Kier molecular flexibility index (Phi) is 5.41. The molecule has 0 saturated carbocycles. The summed E-state index contributed by atoms with van der Waals surface area (Å²) in [6.07, 6.45) is 3.58. The number of Topliss-reactive ketones (excluding diaryl/α,β-unsaturated/α-hetero) is 1. The first-order valence-corrected chi connectivity index (χ1v) is 9.77. The third kappa shape index (κ3) is 3.61. The van der Waals surface area contributed by atoms with E-state index in [0.717, 1.165) is 5.56 Å². The van der Waals surface area contributed by atoms with E-state index in [-0.39, 0.29) is 24.2 Å². The van der Waals surface area contributed by atoms with E-state index in [1.165, 1.54) is 14.0 Å². The number of carbonyl (C=O) groups excluding carboxylic acids is 2. The molecule has 1 aromatic carbocycles. The average molecular weight is 426 g/mol. The zero-order chi connectivity index (χ0) is 21.3. The number of methoxy groups -OCH3 is 1. The van der Waals surface area contributed by atoms with Crippen LogP contribution >= 0.6 is 11.6 Å². The molecule has 1 aliphatic rings. The monoisotopic (exact) mass is 425 g/mol. The number of carbonyl (C=O) groups is 2. The van der Waals surface area contributed by atoms with Crippen molar-refractivity contribution in [2.75, 3.05) is 19.0 Å². The Hall–Kier alpha value is -3.39. The van der Waals surface area contributed by atoms with E-state index >= 15 is 0 Å². The van der Waals surface area contributed by atoms with Crippen LogP contribution in [0.1, 0.15) is 29.9 Å². The lowest BCUT2D eigenvalue weighted by Gasteiger charge is -2.24. The van der Waals surface area contributed by atoms with Gasteiger partial charge in [0, 0.05) is 30.9 Å². The molecular formula is C21H20ClN5O3. The number of rotatable bonds is 6. The number of para-hydroxylation sites is 1. The first kappa shape index (κ1) is 19.9. The number of halogens is 1. The van der Waals surface area contributed by atoms with Crippen molar-refractivity contribution in [2.24, 2.45) is 0 Å². The summed E-state index contributed by atoms with van der Waals surface area (Å²) in [5.41, 5.74) is 2.80. The number of pyridine rings is 1. The summed E-state index contributed by atoms with van der Waals surface area (Å²) in [7, 11) is 1.53. The van der Waals surface area contributed by atoms with E-state index in [4.69, 9.17) is 21.4 Å². The predicted octanol–water partition coefficient (Wildman–Crippen LogP) is 3.61. The molecule has 8 nitrogen and oxygen atoms in total. The zero-order valence-corrected chi connectivity index (χ0v) is 17.2. The Labute approximate surface area is 178 Å². The van der Waals surface area contributed by atoms with Gasteiger partial charge >= 0.3 is 0 Å². The molecule has 1 atom stereocenters. The smallest absolute Gasteiger partial charge is 0.271 e. The topological polar surface area (TPSA) is 98.1 Å². The molecule has 3 aromatic rings. The van der Waals surface area contributed by atoms with Crippen molar-refractivity contribution in [1.29, 1.82) is 0 Å². The number of aromatic nitrogens is 3. The fourth-order valence-corrected chi connectivity index (χ4v) is 3.82. The van der Waals surface area contributed by atoms with Crippen LogP contribution in [0.4, 0.5) is 11.4 Å². The van der Waals surface area contributed by atoms with Crippen molar-refractivity contribution >= 4 is 34.7 Å². The fourth-order valence-electron chi connectivity index (χ4n) is 3.57. The highest BCUT2D eigenvalue weighted by Crippen LogP contribution is 2.40. The second-order valence-corrected chi connectivity index (χ2v) is 7.38. The number of ether oxygens (including phenoxy) is 1. The van der Waals surface area contributed by atoms with Gasteiger partial charge in [0.25, 0.3) is 5.91 Å². The van der Waals surface area contributed by atoms with E-state index in [1.54, 1.807) is 35.3 Å². The second kappa shape index (κ2) is 8.16. The number of fused-ring (bicyclic) bond motifs is 1. The molecule has 9 heteroatoms. The first-order chi connectivity index (χ1) is 14.5. The van der Waals surface area contributed by atoms with Gasteiger partial charge in [-0.25, -0.2) is 0 Å². The van der Waals surface area contributed by atoms with Gasteiger partial charge in [0.1, 0.15) is 11.5 Å². The van der Waals surface area contributed by atoms with Gasteiger partial charge in [-0.05, 0) is 31.2 Å². The minimum absolute atomic E-state index is 0.0223. The van der Waals surface area contributed by atoms with E-state index in [0.29, 0.717) is 40.1 Å². The molecule has 2 aromatic heterocycles. The molecule has 0 radical (unpaired) electrons. The van der Waals surface area contributed by atoms with Gasteiger partial charge in [-0.3, -0.25) is 19.3 Å². The van der Waals surface area contributed by atoms with E-state index in [2.05, 4.69) is 15.6 Å². The maximum atomic E-state index is 12.8. The molecule has 0 bridgehead atoms. The highest BCUT2D eigenvalue weighted by molar-refractivity contribution is 6.32. The molecule has 1 amide bonds. The SMILES string of the molecule is COc1c(Cl)cccc1Nc1c(-c2ccncc2)nn2c1C(=O)NCC2CC(C)=O. The molecule has 1 aliphatic heterocycles. The number of nitrogens with zero attached hydrogens (tertiary/aromatic N) is 3. The minimum atomic E-state index is -0.272. The molecule has 0 aliphatic carbocycles. The van der Waals surface area contributed by atoms with Crippen LogP contribution < -0.4 is 15.4 Å². The Bertz CT molecular complexity index is 1110. The van der Waals surface area contributed by atoms with Crippen LogP contribution in [0.3, 0.4) is 0 Å². The molecule has 1 unspecified atom stereocenters.